The zero-order valence-corrected chi connectivity index (χ0v) is 13.6. The zero-order chi connectivity index (χ0) is 13.7. The number of aliphatic imine (C=N–C) groups is 1. The molecular weight excluding hydrogens is 252 g/mol. The minimum Gasteiger partial charge on any atom is -0.362 e. The first-order chi connectivity index (χ1) is 9.17. The lowest BCUT2D eigenvalue weighted by molar-refractivity contribution is 0.296. The molecule has 1 saturated carbocycles. The number of hydrogen-bond acceptors (Lipinski definition) is 3. The molecule has 0 saturated heterocycles. The first-order valence-electron chi connectivity index (χ1n) is 8.15. The summed E-state index contributed by atoms with van der Waals surface area (Å²) in [7, 11) is 0. The topological polar surface area (TPSA) is 24.4 Å². The van der Waals surface area contributed by atoms with Crippen LogP contribution >= 0.6 is 11.8 Å². The van der Waals surface area contributed by atoms with E-state index < -0.39 is 0 Å². The van der Waals surface area contributed by atoms with E-state index in [2.05, 4.69) is 31.1 Å². The molecule has 0 amide bonds. The van der Waals surface area contributed by atoms with E-state index in [9.17, 15) is 0 Å². The Kier molecular flexibility index (Phi) is 6.06. The van der Waals surface area contributed by atoms with Crippen LogP contribution in [0.1, 0.15) is 65.7 Å². The summed E-state index contributed by atoms with van der Waals surface area (Å²) in [4.78, 5) is 4.69. The number of nitrogens with zero attached hydrogens (tertiary/aromatic N) is 1. The van der Waals surface area contributed by atoms with Crippen LogP contribution in [0.4, 0.5) is 0 Å². The fourth-order valence-electron chi connectivity index (χ4n) is 3.32. The normalized spacial score (nSPS) is 31.6. The fraction of sp³-hybridized carbons (Fsp3) is 0.938. The fourth-order valence-corrected chi connectivity index (χ4v) is 4.65. The molecule has 3 heteroatoms. The molecule has 1 fully saturated rings. The van der Waals surface area contributed by atoms with Gasteiger partial charge in [0.05, 0.1) is 6.54 Å². The van der Waals surface area contributed by atoms with E-state index in [1.54, 1.807) is 0 Å². The largest absolute Gasteiger partial charge is 0.362 e. The van der Waals surface area contributed by atoms with Crippen molar-refractivity contribution in [2.75, 3.05) is 6.54 Å². The van der Waals surface area contributed by atoms with E-state index in [0.29, 0.717) is 6.04 Å². The molecule has 0 aromatic rings. The van der Waals surface area contributed by atoms with Crippen molar-refractivity contribution in [3.63, 3.8) is 0 Å². The van der Waals surface area contributed by atoms with Crippen LogP contribution in [0.5, 0.6) is 0 Å². The first kappa shape index (κ1) is 15.2. The van der Waals surface area contributed by atoms with Crippen molar-refractivity contribution in [2.45, 2.75) is 77.0 Å². The Morgan fingerprint density at radius 3 is 2.63 bits per heavy atom. The van der Waals surface area contributed by atoms with Crippen LogP contribution in [-0.4, -0.2) is 23.0 Å². The maximum absolute atomic E-state index is 4.69. The van der Waals surface area contributed by atoms with Crippen molar-refractivity contribution >= 4 is 16.9 Å². The molecule has 2 rings (SSSR count). The van der Waals surface area contributed by atoms with Crippen molar-refractivity contribution in [3.8, 4) is 0 Å². The monoisotopic (exact) mass is 282 g/mol. The van der Waals surface area contributed by atoms with Gasteiger partial charge in [-0.05, 0) is 43.9 Å². The van der Waals surface area contributed by atoms with E-state index in [0.717, 1.165) is 23.6 Å². The van der Waals surface area contributed by atoms with Gasteiger partial charge in [0.25, 0.3) is 0 Å². The van der Waals surface area contributed by atoms with Gasteiger partial charge in [0.15, 0.2) is 5.17 Å². The lowest BCUT2D eigenvalue weighted by Crippen LogP contribution is -2.35. The molecular formula is C16H30N2S. The van der Waals surface area contributed by atoms with Gasteiger partial charge in [-0.3, -0.25) is 4.99 Å². The van der Waals surface area contributed by atoms with Crippen LogP contribution in [-0.2, 0) is 0 Å². The molecule has 0 bridgehead atoms. The van der Waals surface area contributed by atoms with Crippen molar-refractivity contribution < 1.29 is 0 Å². The van der Waals surface area contributed by atoms with Gasteiger partial charge in [-0.2, -0.15) is 0 Å². The number of hydrogen-bond donors (Lipinski definition) is 1. The summed E-state index contributed by atoms with van der Waals surface area (Å²) < 4.78 is 0. The van der Waals surface area contributed by atoms with Crippen LogP contribution in [0.25, 0.3) is 0 Å². The minimum atomic E-state index is 0.692. The number of amidine groups is 1. The maximum Gasteiger partial charge on any atom is 0.157 e. The summed E-state index contributed by atoms with van der Waals surface area (Å²) in [5.41, 5.74) is 0. The number of nitrogens with one attached hydrogen (secondary N) is 1. The molecule has 2 aliphatic rings. The molecule has 110 valence electrons. The molecule has 0 aromatic heterocycles. The smallest absolute Gasteiger partial charge is 0.157 e. The number of thioether (sulfide) groups is 1. The summed E-state index contributed by atoms with van der Waals surface area (Å²) in [5.74, 6) is 1.78. The maximum atomic E-state index is 4.69. The van der Waals surface area contributed by atoms with Gasteiger partial charge in [0, 0.05) is 11.3 Å². The molecule has 0 spiro atoms. The van der Waals surface area contributed by atoms with Gasteiger partial charge < -0.3 is 5.32 Å². The second-order valence-corrected chi connectivity index (χ2v) is 7.95. The molecule has 1 heterocycles. The van der Waals surface area contributed by atoms with Gasteiger partial charge in [0.1, 0.15) is 0 Å². The highest BCUT2D eigenvalue weighted by molar-refractivity contribution is 8.14. The second-order valence-electron chi connectivity index (χ2n) is 6.67. The molecule has 1 atom stereocenters. The standard InChI is InChI=1S/C16H30N2S/c1-4-5-13-6-8-14(9-7-13)18-16-17-11-15(19-16)10-12(2)3/h12-15H,4-11H2,1-3H3,(H,17,18). The highest BCUT2D eigenvalue weighted by Crippen LogP contribution is 2.30. The Morgan fingerprint density at radius 1 is 1.26 bits per heavy atom. The quantitative estimate of drug-likeness (QED) is 0.805. The van der Waals surface area contributed by atoms with Crippen LogP contribution in [0.15, 0.2) is 4.99 Å². The van der Waals surface area contributed by atoms with Gasteiger partial charge in [-0.1, -0.05) is 45.4 Å². The Balaban J connectivity index is 1.66. The molecule has 19 heavy (non-hydrogen) atoms. The van der Waals surface area contributed by atoms with E-state index >= 15 is 0 Å². The third-order valence-electron chi connectivity index (χ3n) is 4.32. The Labute approximate surface area is 123 Å². The summed E-state index contributed by atoms with van der Waals surface area (Å²) in [6, 6.07) is 0.692. The Morgan fingerprint density at radius 2 is 2.00 bits per heavy atom. The summed E-state index contributed by atoms with van der Waals surface area (Å²) in [6.45, 7) is 7.95. The van der Waals surface area contributed by atoms with Gasteiger partial charge in [0.2, 0.25) is 0 Å². The lowest BCUT2D eigenvalue weighted by atomic mass is 9.84. The van der Waals surface area contributed by atoms with E-state index in [1.165, 1.54) is 50.1 Å². The molecule has 0 aromatic carbocycles. The highest BCUT2D eigenvalue weighted by atomic mass is 32.2. The molecule has 2 nitrogen and oxygen atoms in total. The summed E-state index contributed by atoms with van der Waals surface area (Å²) in [6.07, 6.45) is 9.60. The lowest BCUT2D eigenvalue weighted by Gasteiger charge is -2.29. The van der Waals surface area contributed by atoms with Crippen molar-refractivity contribution in [2.24, 2.45) is 16.8 Å². The average Bonchev–Trinajstić information content (AvgIpc) is 2.78. The van der Waals surface area contributed by atoms with Crippen LogP contribution in [0.2, 0.25) is 0 Å². The Hall–Kier alpha value is -0.180. The predicted molar refractivity (Wildman–Crippen MR) is 86.9 cm³/mol. The molecule has 1 N–H and O–H groups in total. The van der Waals surface area contributed by atoms with Crippen LogP contribution < -0.4 is 5.32 Å². The predicted octanol–water partition coefficient (Wildman–Crippen LogP) is 4.45. The van der Waals surface area contributed by atoms with Crippen molar-refractivity contribution in [1.29, 1.82) is 0 Å². The van der Waals surface area contributed by atoms with Gasteiger partial charge in [-0.15, -0.1) is 0 Å². The third-order valence-corrected chi connectivity index (χ3v) is 5.47. The van der Waals surface area contributed by atoms with Crippen LogP contribution in [0, 0.1) is 11.8 Å². The number of rotatable bonds is 5. The van der Waals surface area contributed by atoms with E-state index in [-0.39, 0.29) is 0 Å². The van der Waals surface area contributed by atoms with Crippen molar-refractivity contribution in [3.05, 3.63) is 0 Å². The molecule has 1 unspecified atom stereocenters. The van der Waals surface area contributed by atoms with Gasteiger partial charge in [-0.25, -0.2) is 0 Å². The van der Waals surface area contributed by atoms with E-state index in [1.807, 2.05) is 11.8 Å². The second kappa shape index (κ2) is 7.56. The van der Waals surface area contributed by atoms with E-state index in [4.69, 9.17) is 0 Å². The zero-order valence-electron chi connectivity index (χ0n) is 12.8. The molecule has 1 aliphatic carbocycles. The minimum absolute atomic E-state index is 0.692. The first-order valence-corrected chi connectivity index (χ1v) is 9.03. The Bertz CT molecular complexity index is 293. The highest BCUT2D eigenvalue weighted by Gasteiger charge is 2.25. The molecule has 0 radical (unpaired) electrons. The van der Waals surface area contributed by atoms with Gasteiger partial charge >= 0.3 is 0 Å². The van der Waals surface area contributed by atoms with Crippen molar-refractivity contribution in [1.82, 2.24) is 5.32 Å². The molecule has 1 aliphatic heterocycles. The summed E-state index contributed by atoms with van der Waals surface area (Å²) >= 11 is 1.98. The SMILES string of the molecule is CCCC1CCC(NC2=NCC(CC(C)C)S2)CC1. The average molecular weight is 282 g/mol. The third kappa shape index (κ3) is 5.02. The summed E-state index contributed by atoms with van der Waals surface area (Å²) in [5, 5.41) is 5.64. The van der Waals surface area contributed by atoms with Crippen LogP contribution in [0.3, 0.4) is 0 Å².